The zero-order chi connectivity index (χ0) is 24.4. The van der Waals surface area contributed by atoms with E-state index in [9.17, 15) is 14.3 Å². The van der Waals surface area contributed by atoms with Gasteiger partial charge >= 0.3 is 5.97 Å². The third kappa shape index (κ3) is 5.41. The minimum atomic E-state index is -1.28. The van der Waals surface area contributed by atoms with E-state index in [1.165, 1.54) is 13.2 Å². The van der Waals surface area contributed by atoms with Gasteiger partial charge in [-0.1, -0.05) is 36.4 Å². The van der Waals surface area contributed by atoms with Crippen LogP contribution >= 0.6 is 12.4 Å². The lowest BCUT2D eigenvalue weighted by Gasteiger charge is -2.33. The fourth-order valence-electron chi connectivity index (χ4n) is 4.50. The first-order valence-electron chi connectivity index (χ1n) is 11.1. The summed E-state index contributed by atoms with van der Waals surface area (Å²) in [5.41, 5.74) is 2.13. The number of para-hydroxylation sites is 1. The molecule has 4 rings (SSSR count). The molecule has 0 radical (unpaired) electrons. The number of nitrogens with one attached hydrogen (secondary N) is 1. The van der Waals surface area contributed by atoms with Crippen LogP contribution in [-0.4, -0.2) is 30.8 Å². The van der Waals surface area contributed by atoms with Gasteiger partial charge in [-0.15, -0.1) is 12.4 Å². The molecular weight excluding hydrogens is 476 g/mol. The number of hydrogen-bond donors (Lipinski definition) is 2. The molecule has 186 valence electrons. The van der Waals surface area contributed by atoms with Crippen molar-refractivity contribution in [3.8, 4) is 11.5 Å². The molecule has 1 aliphatic rings. The number of aromatic carboxylic acids is 1. The second-order valence-electron chi connectivity index (χ2n) is 8.56. The predicted molar refractivity (Wildman–Crippen MR) is 132 cm³/mol. The number of halogens is 3. The zero-order valence-electron chi connectivity index (χ0n) is 19.7. The molecule has 3 aromatic rings. The fraction of sp³-hybridized carbons (Fsp3) is 0.296. The number of methoxy groups -OCH3 is 1. The average molecular weight is 504 g/mol. The van der Waals surface area contributed by atoms with Crippen molar-refractivity contribution in [2.75, 3.05) is 13.7 Å². The number of fused-ring (bicyclic) bond motifs is 1. The second kappa shape index (κ2) is 11.1. The average Bonchev–Trinajstić information content (AvgIpc) is 2.82. The number of carboxylic acids is 1. The van der Waals surface area contributed by atoms with Crippen molar-refractivity contribution >= 4 is 18.4 Å². The molecular formula is C27H28ClF2NO4. The first-order chi connectivity index (χ1) is 16.3. The Morgan fingerprint density at radius 2 is 1.91 bits per heavy atom. The van der Waals surface area contributed by atoms with Gasteiger partial charge < -0.3 is 19.9 Å². The van der Waals surface area contributed by atoms with Crippen LogP contribution in [0.25, 0.3) is 0 Å². The highest BCUT2D eigenvalue weighted by Crippen LogP contribution is 2.42. The van der Waals surface area contributed by atoms with Crippen LogP contribution < -0.4 is 14.8 Å². The Labute approximate surface area is 209 Å². The molecule has 0 saturated heterocycles. The van der Waals surface area contributed by atoms with E-state index in [2.05, 4.69) is 5.32 Å². The quantitative estimate of drug-likeness (QED) is 0.411. The lowest BCUT2D eigenvalue weighted by molar-refractivity contribution is 0.0690. The lowest BCUT2D eigenvalue weighted by atomic mass is 9.82. The lowest BCUT2D eigenvalue weighted by Crippen LogP contribution is -2.37. The second-order valence-corrected chi connectivity index (χ2v) is 8.56. The highest BCUT2D eigenvalue weighted by Gasteiger charge is 2.32. The molecule has 3 aromatic carbocycles. The van der Waals surface area contributed by atoms with Gasteiger partial charge in [-0.3, -0.25) is 0 Å². The molecule has 1 heterocycles. The van der Waals surface area contributed by atoms with E-state index in [0.717, 1.165) is 11.1 Å². The molecule has 3 atom stereocenters. The van der Waals surface area contributed by atoms with Gasteiger partial charge in [-0.2, -0.15) is 0 Å². The normalized spacial score (nSPS) is 17.5. The van der Waals surface area contributed by atoms with Crippen molar-refractivity contribution in [1.29, 1.82) is 0 Å². The van der Waals surface area contributed by atoms with Crippen LogP contribution in [0.1, 0.15) is 57.9 Å². The maximum Gasteiger partial charge on any atom is 0.338 e. The van der Waals surface area contributed by atoms with E-state index >= 15 is 4.39 Å². The minimum absolute atomic E-state index is 0. The van der Waals surface area contributed by atoms with E-state index in [1.54, 1.807) is 31.2 Å². The number of carbonyl (C=O) groups is 1. The van der Waals surface area contributed by atoms with Gasteiger partial charge in [0.15, 0.2) is 11.6 Å². The van der Waals surface area contributed by atoms with Gasteiger partial charge in [-0.25, -0.2) is 13.6 Å². The summed E-state index contributed by atoms with van der Waals surface area (Å²) in [4.78, 5) is 11.7. The molecule has 0 amide bonds. The SMILES string of the molecule is COc1cc([C@@H](C)NCC2CC(c3ccc(C)c(C(=O)O)c3F)c3ccccc3O2)ccc1F.Cl. The molecule has 1 aliphatic heterocycles. The molecule has 8 heteroatoms. The van der Waals surface area contributed by atoms with Gasteiger partial charge in [-0.05, 0) is 55.2 Å². The highest BCUT2D eigenvalue weighted by molar-refractivity contribution is 5.90. The molecule has 5 nitrogen and oxygen atoms in total. The zero-order valence-corrected chi connectivity index (χ0v) is 20.5. The molecule has 35 heavy (non-hydrogen) atoms. The number of hydrogen-bond acceptors (Lipinski definition) is 4. The largest absolute Gasteiger partial charge is 0.494 e. The summed E-state index contributed by atoms with van der Waals surface area (Å²) in [7, 11) is 1.42. The van der Waals surface area contributed by atoms with Crippen molar-refractivity contribution in [1.82, 2.24) is 5.32 Å². The third-order valence-electron chi connectivity index (χ3n) is 6.38. The van der Waals surface area contributed by atoms with Crippen LogP contribution in [-0.2, 0) is 0 Å². The van der Waals surface area contributed by atoms with E-state index in [-0.39, 0.29) is 41.8 Å². The molecule has 0 bridgehead atoms. The summed E-state index contributed by atoms with van der Waals surface area (Å²) in [5.74, 6) is -1.92. The topological polar surface area (TPSA) is 67.8 Å². The minimum Gasteiger partial charge on any atom is -0.494 e. The summed E-state index contributed by atoms with van der Waals surface area (Å²) in [5, 5.41) is 12.9. The smallest absolute Gasteiger partial charge is 0.338 e. The Morgan fingerprint density at radius 3 is 2.63 bits per heavy atom. The van der Waals surface area contributed by atoms with Gasteiger partial charge in [0.25, 0.3) is 0 Å². The fourth-order valence-corrected chi connectivity index (χ4v) is 4.50. The van der Waals surface area contributed by atoms with Crippen LogP contribution in [0.3, 0.4) is 0 Å². The number of benzene rings is 3. The van der Waals surface area contributed by atoms with Gasteiger partial charge in [0.2, 0.25) is 0 Å². The summed E-state index contributed by atoms with van der Waals surface area (Å²) >= 11 is 0. The van der Waals surface area contributed by atoms with Crippen molar-refractivity contribution < 1.29 is 28.2 Å². The van der Waals surface area contributed by atoms with E-state index in [4.69, 9.17) is 9.47 Å². The van der Waals surface area contributed by atoms with Crippen LogP contribution in [0, 0.1) is 18.6 Å². The molecule has 0 aliphatic carbocycles. The Hall–Kier alpha value is -3.16. The molecule has 0 spiro atoms. The molecule has 0 fully saturated rings. The van der Waals surface area contributed by atoms with Crippen LogP contribution in [0.15, 0.2) is 54.6 Å². The Balaban J connectivity index is 0.00000342. The van der Waals surface area contributed by atoms with Crippen molar-refractivity contribution in [2.24, 2.45) is 0 Å². The standard InChI is InChI=1S/C27H27F2NO4.ClH/c1-15-8-10-20(26(29)25(15)27(31)32)21-13-18(34-23-7-5-4-6-19(21)23)14-30-16(2)17-9-11-22(28)24(12-17)33-3;/h4-12,16,18,21,30H,13-14H2,1-3H3,(H,31,32);1H/t16-,18?,21?;/m1./s1. The number of rotatable bonds is 7. The van der Waals surface area contributed by atoms with Gasteiger partial charge in [0, 0.05) is 24.1 Å². The van der Waals surface area contributed by atoms with Gasteiger partial charge in [0.05, 0.1) is 12.7 Å². The van der Waals surface area contributed by atoms with Crippen LogP contribution in [0.2, 0.25) is 0 Å². The van der Waals surface area contributed by atoms with Crippen molar-refractivity contribution in [2.45, 2.75) is 38.3 Å². The van der Waals surface area contributed by atoms with Crippen molar-refractivity contribution in [3.63, 3.8) is 0 Å². The van der Waals surface area contributed by atoms with Gasteiger partial charge in [0.1, 0.15) is 17.7 Å². The Morgan fingerprint density at radius 1 is 1.17 bits per heavy atom. The van der Waals surface area contributed by atoms with Crippen LogP contribution in [0.4, 0.5) is 8.78 Å². The highest BCUT2D eigenvalue weighted by atomic mass is 35.5. The number of aryl methyl sites for hydroxylation is 1. The molecule has 0 aromatic heterocycles. The summed E-state index contributed by atoms with van der Waals surface area (Å²) in [6, 6.07) is 15.4. The molecule has 2 unspecified atom stereocenters. The summed E-state index contributed by atoms with van der Waals surface area (Å²) < 4.78 is 40.4. The summed E-state index contributed by atoms with van der Waals surface area (Å²) in [6.07, 6.45) is 0.196. The van der Waals surface area contributed by atoms with E-state index < -0.39 is 17.6 Å². The van der Waals surface area contributed by atoms with Crippen LogP contribution in [0.5, 0.6) is 11.5 Å². The Bertz CT molecular complexity index is 1220. The molecule has 2 N–H and O–H groups in total. The molecule has 0 saturated carbocycles. The first-order valence-corrected chi connectivity index (χ1v) is 11.1. The Kier molecular flexibility index (Phi) is 8.35. The number of carboxylic acid groups (broad SMARTS) is 1. The van der Waals surface area contributed by atoms with Crippen molar-refractivity contribution in [3.05, 3.63) is 94.0 Å². The first kappa shape index (κ1) is 26.4. The maximum atomic E-state index is 15.3. The third-order valence-corrected chi connectivity index (χ3v) is 6.38. The van der Waals surface area contributed by atoms with E-state index in [1.807, 2.05) is 31.2 Å². The predicted octanol–water partition coefficient (Wildman–Crippen LogP) is 6.04. The monoisotopic (exact) mass is 503 g/mol. The summed E-state index contributed by atoms with van der Waals surface area (Å²) in [6.45, 7) is 4.01. The van der Waals surface area contributed by atoms with E-state index in [0.29, 0.717) is 29.8 Å². The maximum absolute atomic E-state index is 15.3. The number of ether oxygens (including phenoxy) is 2.